The van der Waals surface area contributed by atoms with Crippen molar-refractivity contribution in [3.8, 4) is 0 Å². The normalized spacial score (nSPS) is 14.2. The summed E-state index contributed by atoms with van der Waals surface area (Å²) in [6.45, 7) is 3.38. The number of anilines is 1. The minimum Gasteiger partial charge on any atom is -0.481 e. The predicted molar refractivity (Wildman–Crippen MR) is 71.4 cm³/mol. The molecule has 0 fully saturated rings. The summed E-state index contributed by atoms with van der Waals surface area (Å²) < 4.78 is 0. The summed E-state index contributed by atoms with van der Waals surface area (Å²) >= 11 is 17.6. The van der Waals surface area contributed by atoms with E-state index >= 15 is 0 Å². The number of aliphatic carboxylic acids is 1. The van der Waals surface area contributed by atoms with Gasteiger partial charge in [-0.3, -0.25) is 4.79 Å². The topological polar surface area (TPSA) is 49.3 Å². The van der Waals surface area contributed by atoms with Gasteiger partial charge in [0, 0.05) is 6.04 Å². The Kier molecular flexibility index (Phi) is 4.92. The number of carboxylic acid groups (broad SMARTS) is 1. The summed E-state index contributed by atoms with van der Waals surface area (Å²) in [5.74, 6) is -1.42. The van der Waals surface area contributed by atoms with Crippen molar-refractivity contribution >= 4 is 46.5 Å². The van der Waals surface area contributed by atoms with Crippen molar-refractivity contribution in [2.45, 2.75) is 19.9 Å². The lowest BCUT2D eigenvalue weighted by Crippen LogP contribution is -2.29. The van der Waals surface area contributed by atoms with Gasteiger partial charge >= 0.3 is 5.97 Å². The molecule has 2 atom stereocenters. The SMILES string of the molecule is CC(Nc1cc(Cl)c(Cl)cc1Cl)C(C)C(=O)O. The van der Waals surface area contributed by atoms with E-state index in [1.165, 1.54) is 6.07 Å². The van der Waals surface area contributed by atoms with Crippen LogP contribution in [0.5, 0.6) is 0 Å². The third-order valence-electron chi connectivity index (χ3n) is 2.53. The van der Waals surface area contributed by atoms with Gasteiger partial charge in [0.25, 0.3) is 0 Å². The van der Waals surface area contributed by atoms with Crippen LogP contribution in [0.1, 0.15) is 13.8 Å². The van der Waals surface area contributed by atoms with Gasteiger partial charge in [-0.2, -0.15) is 0 Å². The van der Waals surface area contributed by atoms with Crippen molar-refractivity contribution in [3.05, 3.63) is 27.2 Å². The third kappa shape index (κ3) is 3.66. The van der Waals surface area contributed by atoms with Crippen LogP contribution in [-0.4, -0.2) is 17.1 Å². The Morgan fingerprint density at radius 2 is 1.71 bits per heavy atom. The monoisotopic (exact) mass is 295 g/mol. The third-order valence-corrected chi connectivity index (χ3v) is 3.57. The molecule has 0 aliphatic rings. The molecule has 2 N–H and O–H groups in total. The van der Waals surface area contributed by atoms with Crippen LogP contribution in [-0.2, 0) is 4.79 Å². The molecule has 0 spiro atoms. The summed E-state index contributed by atoms with van der Waals surface area (Å²) in [5, 5.41) is 13.0. The molecule has 1 aromatic carbocycles. The van der Waals surface area contributed by atoms with Gasteiger partial charge in [0.2, 0.25) is 0 Å². The van der Waals surface area contributed by atoms with Crippen molar-refractivity contribution in [2.24, 2.45) is 5.92 Å². The molecule has 0 radical (unpaired) electrons. The zero-order valence-corrected chi connectivity index (χ0v) is 11.6. The van der Waals surface area contributed by atoms with E-state index in [4.69, 9.17) is 39.9 Å². The van der Waals surface area contributed by atoms with Gasteiger partial charge in [-0.15, -0.1) is 0 Å². The summed E-state index contributed by atoms with van der Waals surface area (Å²) in [7, 11) is 0. The Hall–Kier alpha value is -0.640. The fraction of sp³-hybridized carbons (Fsp3) is 0.364. The highest BCUT2D eigenvalue weighted by molar-refractivity contribution is 6.44. The molecule has 3 nitrogen and oxygen atoms in total. The summed E-state index contributed by atoms with van der Waals surface area (Å²) in [4.78, 5) is 10.8. The van der Waals surface area contributed by atoms with Crippen molar-refractivity contribution in [3.63, 3.8) is 0 Å². The molecule has 0 bridgehead atoms. The smallest absolute Gasteiger partial charge is 0.308 e. The van der Waals surface area contributed by atoms with Crippen molar-refractivity contribution < 1.29 is 9.90 Å². The molecule has 0 aliphatic heterocycles. The Morgan fingerprint density at radius 1 is 1.18 bits per heavy atom. The molecule has 0 saturated carbocycles. The lowest BCUT2D eigenvalue weighted by Gasteiger charge is -2.20. The van der Waals surface area contributed by atoms with E-state index in [1.54, 1.807) is 19.9 Å². The standard InChI is InChI=1S/C11H12Cl3NO2/c1-5(11(16)17)6(2)15-10-4-8(13)7(12)3-9(10)14/h3-6,15H,1-2H3,(H,16,17). The molecule has 17 heavy (non-hydrogen) atoms. The highest BCUT2D eigenvalue weighted by Crippen LogP contribution is 2.32. The number of carboxylic acids is 1. The predicted octanol–water partition coefficient (Wildman–Crippen LogP) is 4.17. The van der Waals surface area contributed by atoms with Crippen LogP contribution >= 0.6 is 34.8 Å². The first kappa shape index (κ1) is 14.4. The summed E-state index contributed by atoms with van der Waals surface area (Å²) in [6.07, 6.45) is 0. The van der Waals surface area contributed by atoms with Crippen molar-refractivity contribution in [1.82, 2.24) is 0 Å². The average molecular weight is 297 g/mol. The minimum atomic E-state index is -0.874. The average Bonchev–Trinajstić information content (AvgIpc) is 2.24. The second-order valence-electron chi connectivity index (χ2n) is 3.81. The maximum atomic E-state index is 10.8. The zero-order chi connectivity index (χ0) is 13.2. The maximum Gasteiger partial charge on any atom is 0.308 e. The highest BCUT2D eigenvalue weighted by atomic mass is 35.5. The molecule has 1 aromatic rings. The number of benzene rings is 1. The van der Waals surface area contributed by atoms with E-state index < -0.39 is 11.9 Å². The number of rotatable bonds is 4. The minimum absolute atomic E-state index is 0.276. The van der Waals surface area contributed by atoms with E-state index in [0.717, 1.165) is 0 Å². The molecule has 0 aromatic heterocycles. The summed E-state index contributed by atoms with van der Waals surface area (Å²) in [6, 6.07) is 2.82. The second kappa shape index (κ2) is 5.80. The number of hydrogen-bond donors (Lipinski definition) is 2. The van der Waals surface area contributed by atoms with Gasteiger partial charge in [-0.05, 0) is 26.0 Å². The molecule has 2 unspecified atom stereocenters. The zero-order valence-electron chi connectivity index (χ0n) is 9.30. The Morgan fingerprint density at radius 3 is 2.24 bits per heavy atom. The van der Waals surface area contributed by atoms with E-state index in [9.17, 15) is 4.79 Å². The molecule has 6 heteroatoms. The van der Waals surface area contributed by atoms with Crippen LogP contribution < -0.4 is 5.32 Å². The first-order chi connectivity index (χ1) is 7.82. The lowest BCUT2D eigenvalue weighted by atomic mass is 10.0. The highest BCUT2D eigenvalue weighted by Gasteiger charge is 2.20. The van der Waals surface area contributed by atoms with Crippen LogP contribution in [0.25, 0.3) is 0 Å². The first-order valence-corrected chi connectivity index (χ1v) is 6.10. The van der Waals surface area contributed by atoms with Crippen LogP contribution in [0.4, 0.5) is 5.69 Å². The van der Waals surface area contributed by atoms with E-state index in [2.05, 4.69) is 5.32 Å². The maximum absolute atomic E-state index is 10.8. The van der Waals surface area contributed by atoms with Crippen LogP contribution in [0, 0.1) is 5.92 Å². The van der Waals surface area contributed by atoms with Gasteiger partial charge in [-0.1, -0.05) is 34.8 Å². The number of halogens is 3. The van der Waals surface area contributed by atoms with Crippen LogP contribution in [0.2, 0.25) is 15.1 Å². The molecule has 0 aliphatic carbocycles. The van der Waals surface area contributed by atoms with Crippen LogP contribution in [0.3, 0.4) is 0 Å². The van der Waals surface area contributed by atoms with Gasteiger partial charge in [-0.25, -0.2) is 0 Å². The molecule has 0 saturated heterocycles. The number of nitrogens with one attached hydrogen (secondary N) is 1. The van der Waals surface area contributed by atoms with Gasteiger partial charge in [0.05, 0.1) is 26.7 Å². The fourth-order valence-electron chi connectivity index (χ4n) is 1.22. The molecule has 0 heterocycles. The van der Waals surface area contributed by atoms with E-state index in [-0.39, 0.29) is 6.04 Å². The van der Waals surface area contributed by atoms with Crippen LogP contribution in [0.15, 0.2) is 12.1 Å². The molecule has 94 valence electrons. The molecular weight excluding hydrogens is 284 g/mol. The lowest BCUT2D eigenvalue weighted by molar-refractivity contribution is -0.141. The second-order valence-corrected chi connectivity index (χ2v) is 5.03. The van der Waals surface area contributed by atoms with Gasteiger partial charge in [0.15, 0.2) is 0 Å². The molecule has 1 rings (SSSR count). The Balaban J connectivity index is 2.88. The fourth-order valence-corrected chi connectivity index (χ4v) is 1.82. The quantitative estimate of drug-likeness (QED) is 0.820. The van der Waals surface area contributed by atoms with E-state index in [1.807, 2.05) is 0 Å². The van der Waals surface area contributed by atoms with Crippen molar-refractivity contribution in [1.29, 1.82) is 0 Å². The van der Waals surface area contributed by atoms with Gasteiger partial charge < -0.3 is 10.4 Å². The van der Waals surface area contributed by atoms with Crippen molar-refractivity contribution in [2.75, 3.05) is 5.32 Å². The van der Waals surface area contributed by atoms with E-state index in [0.29, 0.717) is 20.8 Å². The molecule has 0 amide bonds. The number of hydrogen-bond acceptors (Lipinski definition) is 2. The summed E-state index contributed by atoms with van der Waals surface area (Å²) in [5.41, 5.74) is 0.571. The Labute approximate surface area is 115 Å². The Bertz CT molecular complexity index is 437. The van der Waals surface area contributed by atoms with Gasteiger partial charge in [0.1, 0.15) is 0 Å². The largest absolute Gasteiger partial charge is 0.481 e. The molecular formula is C11H12Cl3NO2. The number of carbonyl (C=O) groups is 1. The first-order valence-electron chi connectivity index (χ1n) is 4.96.